The van der Waals surface area contributed by atoms with E-state index in [1.807, 2.05) is 13.1 Å². The summed E-state index contributed by atoms with van der Waals surface area (Å²) in [6.45, 7) is 0. The van der Waals surface area contributed by atoms with Crippen molar-refractivity contribution < 1.29 is 18.0 Å². The highest BCUT2D eigenvalue weighted by Crippen LogP contribution is 2.34. The summed E-state index contributed by atoms with van der Waals surface area (Å²) in [4.78, 5) is 23.7. The topological polar surface area (TPSA) is 98.8 Å². The van der Waals surface area contributed by atoms with Crippen LogP contribution in [0.15, 0.2) is 42.6 Å². The molecular formula is C28H34F3N7O. The van der Waals surface area contributed by atoms with Crippen LogP contribution in [0.1, 0.15) is 74.1 Å². The summed E-state index contributed by atoms with van der Waals surface area (Å²) in [5.41, 5.74) is 0.780. The van der Waals surface area contributed by atoms with Crippen molar-refractivity contribution >= 4 is 23.5 Å². The van der Waals surface area contributed by atoms with Gasteiger partial charge in [-0.1, -0.05) is 31.0 Å². The summed E-state index contributed by atoms with van der Waals surface area (Å²) in [5.74, 6) is 2.32. The number of aromatic nitrogens is 4. The van der Waals surface area contributed by atoms with Crippen LogP contribution in [0.3, 0.4) is 0 Å². The molecule has 0 spiro atoms. The summed E-state index contributed by atoms with van der Waals surface area (Å²) < 4.78 is 38.9. The summed E-state index contributed by atoms with van der Waals surface area (Å²) >= 11 is 0. The number of nitrogens with zero attached hydrogens (tertiary/aromatic N) is 4. The lowest BCUT2D eigenvalue weighted by Gasteiger charge is -2.35. The van der Waals surface area contributed by atoms with Gasteiger partial charge in [0.2, 0.25) is 11.9 Å². The Morgan fingerprint density at radius 3 is 2.56 bits per heavy atom. The van der Waals surface area contributed by atoms with Crippen LogP contribution >= 0.6 is 0 Å². The summed E-state index contributed by atoms with van der Waals surface area (Å²) in [7, 11) is 1.98. The lowest BCUT2D eigenvalue weighted by molar-refractivity contribution is -0.137. The third-order valence-corrected chi connectivity index (χ3v) is 7.84. The van der Waals surface area contributed by atoms with Gasteiger partial charge < -0.3 is 15.5 Å². The summed E-state index contributed by atoms with van der Waals surface area (Å²) in [6, 6.07) is 9.02. The van der Waals surface area contributed by atoms with E-state index in [9.17, 15) is 18.0 Å². The molecule has 2 aromatic heterocycles. The lowest BCUT2D eigenvalue weighted by atomic mass is 9.90. The Balaban J connectivity index is 1.11. The van der Waals surface area contributed by atoms with E-state index in [1.165, 1.54) is 37.4 Å². The normalized spacial score (nSPS) is 20.1. The second kappa shape index (κ2) is 11.6. The monoisotopic (exact) mass is 541 g/mol. The second-order valence-corrected chi connectivity index (χ2v) is 10.6. The number of H-pyrrole nitrogens is 1. The minimum absolute atomic E-state index is 0.00408. The first kappa shape index (κ1) is 27.0. The number of alkyl halides is 3. The van der Waals surface area contributed by atoms with Gasteiger partial charge in [0, 0.05) is 43.0 Å². The van der Waals surface area contributed by atoms with E-state index in [2.05, 4.69) is 41.8 Å². The van der Waals surface area contributed by atoms with Gasteiger partial charge in [0.1, 0.15) is 5.82 Å². The Morgan fingerprint density at radius 1 is 1.05 bits per heavy atom. The zero-order valence-corrected chi connectivity index (χ0v) is 22.0. The fraction of sp³-hybridized carbons (Fsp3) is 0.500. The highest BCUT2D eigenvalue weighted by Gasteiger charge is 2.31. The third-order valence-electron chi connectivity index (χ3n) is 7.84. The Kier molecular flexibility index (Phi) is 8.04. The van der Waals surface area contributed by atoms with Crippen LogP contribution in [0.25, 0.3) is 0 Å². The maximum atomic E-state index is 13.0. The van der Waals surface area contributed by atoms with Gasteiger partial charge >= 0.3 is 6.18 Å². The molecule has 0 radical (unpaired) electrons. The molecule has 2 saturated carbocycles. The molecule has 11 heteroatoms. The van der Waals surface area contributed by atoms with E-state index in [0.717, 1.165) is 43.6 Å². The Morgan fingerprint density at radius 2 is 1.82 bits per heavy atom. The van der Waals surface area contributed by atoms with Gasteiger partial charge in [-0.3, -0.25) is 9.89 Å². The molecule has 1 amide bonds. The van der Waals surface area contributed by atoms with Crippen LogP contribution in [0.4, 0.5) is 30.8 Å². The van der Waals surface area contributed by atoms with Crippen molar-refractivity contribution in [3.05, 3.63) is 59.4 Å². The molecule has 0 aliphatic heterocycles. The molecule has 3 N–H and O–H groups in total. The number of halogens is 3. The molecule has 1 aromatic carbocycles. The molecule has 8 nitrogen and oxygen atoms in total. The number of rotatable bonds is 8. The van der Waals surface area contributed by atoms with Gasteiger partial charge in [0.05, 0.1) is 12.0 Å². The van der Waals surface area contributed by atoms with E-state index in [0.29, 0.717) is 23.2 Å². The number of nitrogens with one attached hydrogen (secondary N) is 3. The molecule has 208 valence electrons. The van der Waals surface area contributed by atoms with Crippen molar-refractivity contribution in [1.82, 2.24) is 25.5 Å². The van der Waals surface area contributed by atoms with E-state index < -0.39 is 11.7 Å². The van der Waals surface area contributed by atoms with Crippen LogP contribution in [-0.4, -0.2) is 45.2 Å². The molecule has 2 heterocycles. The molecule has 2 aliphatic carbocycles. The first-order valence-electron chi connectivity index (χ1n) is 13.6. The molecule has 0 atom stereocenters. The number of carbonyl (C=O) groups is 1. The molecular weight excluding hydrogens is 507 g/mol. The van der Waals surface area contributed by atoms with Crippen LogP contribution in [0.2, 0.25) is 0 Å². The minimum atomic E-state index is -4.42. The van der Waals surface area contributed by atoms with Crippen molar-refractivity contribution in [2.75, 3.05) is 17.3 Å². The number of benzene rings is 1. The van der Waals surface area contributed by atoms with Crippen molar-refractivity contribution in [3.8, 4) is 0 Å². The van der Waals surface area contributed by atoms with Gasteiger partial charge in [0.25, 0.3) is 0 Å². The smallest absolute Gasteiger partial charge is 0.353 e. The van der Waals surface area contributed by atoms with Gasteiger partial charge in [-0.2, -0.15) is 23.3 Å². The third kappa shape index (κ3) is 6.88. The van der Waals surface area contributed by atoms with Crippen molar-refractivity contribution in [2.45, 2.75) is 82.0 Å². The molecule has 0 saturated heterocycles. The standard InChI is InChI=1S/C28H34F3N7O/c1-38(27-32-14-13-24(35-27)34-25-17-23(36-37-25)19-6-2-3-7-19)22-11-9-21(10-12-22)33-26(39)16-18-5-4-8-20(15-18)28(29,30)31/h4-5,8,13-15,17,19,21-22H,2-3,6-7,9-12,16H2,1H3,(H,33,39)(H2,32,34,35,36,37)/t21-,22-. The van der Waals surface area contributed by atoms with Crippen molar-refractivity contribution in [3.63, 3.8) is 0 Å². The van der Waals surface area contributed by atoms with Crippen LogP contribution in [-0.2, 0) is 17.4 Å². The predicted octanol–water partition coefficient (Wildman–Crippen LogP) is 5.73. The maximum absolute atomic E-state index is 13.0. The van der Waals surface area contributed by atoms with Gasteiger partial charge in [0.15, 0.2) is 5.82 Å². The van der Waals surface area contributed by atoms with Crippen LogP contribution in [0, 0.1) is 0 Å². The van der Waals surface area contributed by atoms with Crippen molar-refractivity contribution in [1.29, 1.82) is 0 Å². The Bertz CT molecular complexity index is 1260. The minimum Gasteiger partial charge on any atom is -0.353 e. The number of carbonyl (C=O) groups excluding carboxylic acids is 1. The molecule has 2 fully saturated rings. The number of hydrogen-bond acceptors (Lipinski definition) is 6. The lowest BCUT2D eigenvalue weighted by Crippen LogP contribution is -2.43. The highest BCUT2D eigenvalue weighted by molar-refractivity contribution is 5.79. The highest BCUT2D eigenvalue weighted by atomic mass is 19.4. The van der Waals surface area contributed by atoms with E-state index in [4.69, 9.17) is 0 Å². The molecule has 2 aliphatic rings. The fourth-order valence-corrected chi connectivity index (χ4v) is 5.66. The zero-order valence-electron chi connectivity index (χ0n) is 22.0. The predicted molar refractivity (Wildman–Crippen MR) is 143 cm³/mol. The van der Waals surface area contributed by atoms with Gasteiger partial charge in [-0.05, 0) is 56.2 Å². The molecule has 5 rings (SSSR count). The fourth-order valence-electron chi connectivity index (χ4n) is 5.66. The van der Waals surface area contributed by atoms with Gasteiger partial charge in [-0.15, -0.1) is 0 Å². The van der Waals surface area contributed by atoms with E-state index >= 15 is 0 Å². The second-order valence-electron chi connectivity index (χ2n) is 10.6. The number of aromatic amines is 1. The Hall–Kier alpha value is -3.63. The number of hydrogen-bond donors (Lipinski definition) is 3. The first-order valence-corrected chi connectivity index (χ1v) is 13.6. The average Bonchev–Trinajstić information content (AvgIpc) is 3.61. The quantitative estimate of drug-likeness (QED) is 0.337. The molecule has 0 unspecified atom stereocenters. The van der Waals surface area contributed by atoms with Crippen LogP contribution in [0.5, 0.6) is 0 Å². The molecule has 39 heavy (non-hydrogen) atoms. The average molecular weight is 542 g/mol. The molecule has 0 bridgehead atoms. The van der Waals surface area contributed by atoms with Crippen LogP contribution < -0.4 is 15.5 Å². The van der Waals surface area contributed by atoms with E-state index in [-0.39, 0.29) is 24.4 Å². The number of amides is 1. The maximum Gasteiger partial charge on any atom is 0.416 e. The largest absolute Gasteiger partial charge is 0.416 e. The number of anilines is 3. The van der Waals surface area contributed by atoms with E-state index in [1.54, 1.807) is 12.3 Å². The summed E-state index contributed by atoms with van der Waals surface area (Å²) in [5, 5.41) is 13.8. The summed E-state index contributed by atoms with van der Waals surface area (Å²) in [6.07, 6.45) is 5.40. The SMILES string of the molecule is CN(c1nccc(Nc2cc(C3CCCC3)[nH]n2)n1)[C@H]1CC[C@H](NC(=O)Cc2cccc(C(F)(F)F)c2)CC1. The Labute approximate surface area is 225 Å². The molecule has 3 aromatic rings. The van der Waals surface area contributed by atoms with Crippen molar-refractivity contribution in [2.24, 2.45) is 0 Å². The first-order chi connectivity index (χ1) is 18.7. The van der Waals surface area contributed by atoms with Gasteiger partial charge in [-0.25, -0.2) is 4.98 Å². The zero-order chi connectivity index (χ0) is 27.4.